The largest absolute Gasteiger partial charge is 0.507 e. The van der Waals surface area contributed by atoms with E-state index in [0.29, 0.717) is 5.75 Å². The van der Waals surface area contributed by atoms with Gasteiger partial charge in [-0.05, 0) is 31.7 Å². The van der Waals surface area contributed by atoms with E-state index in [9.17, 15) is 9.90 Å². The fraction of sp³-hybridized carbons (Fsp3) is 0.462. The SMILES string of the molecule is COc1cc(C(=O)CN)c(O)c2c1CCCC2. The van der Waals surface area contributed by atoms with Gasteiger partial charge in [-0.15, -0.1) is 0 Å². The first-order valence-electron chi connectivity index (χ1n) is 5.84. The number of aromatic hydroxyl groups is 1. The molecule has 0 heterocycles. The maximum atomic E-state index is 11.6. The highest BCUT2D eigenvalue weighted by molar-refractivity contribution is 6.01. The molecule has 0 spiro atoms. The number of carbonyl (C=O) groups is 1. The van der Waals surface area contributed by atoms with Crippen molar-refractivity contribution in [3.05, 3.63) is 22.8 Å². The summed E-state index contributed by atoms with van der Waals surface area (Å²) >= 11 is 0. The van der Waals surface area contributed by atoms with Gasteiger partial charge in [0.25, 0.3) is 0 Å². The van der Waals surface area contributed by atoms with E-state index in [4.69, 9.17) is 10.5 Å². The van der Waals surface area contributed by atoms with Crippen LogP contribution in [0.4, 0.5) is 0 Å². The van der Waals surface area contributed by atoms with Crippen LogP contribution in [-0.2, 0) is 12.8 Å². The third-order valence-corrected chi connectivity index (χ3v) is 3.29. The predicted molar refractivity (Wildman–Crippen MR) is 64.7 cm³/mol. The Morgan fingerprint density at radius 2 is 2.06 bits per heavy atom. The van der Waals surface area contributed by atoms with Crippen LogP contribution in [-0.4, -0.2) is 24.5 Å². The van der Waals surface area contributed by atoms with E-state index in [1.165, 1.54) is 0 Å². The van der Waals surface area contributed by atoms with Crippen molar-refractivity contribution in [3.8, 4) is 11.5 Å². The third kappa shape index (κ3) is 2.00. The summed E-state index contributed by atoms with van der Waals surface area (Å²) in [5.41, 5.74) is 7.51. The number of phenols is 1. The van der Waals surface area contributed by atoms with Gasteiger partial charge in [-0.25, -0.2) is 0 Å². The highest BCUT2D eigenvalue weighted by Gasteiger charge is 2.23. The number of nitrogens with two attached hydrogens (primary N) is 1. The van der Waals surface area contributed by atoms with Gasteiger partial charge in [0.1, 0.15) is 11.5 Å². The molecule has 0 bridgehead atoms. The molecule has 3 N–H and O–H groups in total. The van der Waals surface area contributed by atoms with Crippen LogP contribution in [0.25, 0.3) is 0 Å². The molecule has 0 amide bonds. The molecule has 0 saturated heterocycles. The Morgan fingerprint density at radius 3 is 2.65 bits per heavy atom. The van der Waals surface area contributed by atoms with E-state index in [0.717, 1.165) is 36.8 Å². The summed E-state index contributed by atoms with van der Waals surface area (Å²) in [6.45, 7) is -0.102. The normalized spacial score (nSPS) is 14.2. The Balaban J connectivity index is 2.60. The lowest BCUT2D eigenvalue weighted by Crippen LogP contribution is -2.16. The van der Waals surface area contributed by atoms with Gasteiger partial charge in [-0.2, -0.15) is 0 Å². The molecule has 2 rings (SSSR count). The summed E-state index contributed by atoms with van der Waals surface area (Å²) < 4.78 is 5.30. The molecule has 0 aliphatic heterocycles. The Morgan fingerprint density at radius 1 is 1.41 bits per heavy atom. The Kier molecular flexibility index (Phi) is 3.33. The molecule has 1 aromatic carbocycles. The Bertz CT molecular complexity index is 454. The number of benzene rings is 1. The number of phenolic OH excluding ortho intramolecular Hbond substituents is 1. The second kappa shape index (κ2) is 4.75. The van der Waals surface area contributed by atoms with Gasteiger partial charge in [0, 0.05) is 11.1 Å². The second-order valence-electron chi connectivity index (χ2n) is 4.27. The number of Topliss-reactive ketones (excluding diaryl/α,β-unsaturated/α-hetero) is 1. The van der Waals surface area contributed by atoms with Gasteiger partial charge < -0.3 is 15.6 Å². The van der Waals surface area contributed by atoms with Gasteiger partial charge in [0.15, 0.2) is 5.78 Å². The standard InChI is InChI=1S/C13H17NO3/c1-17-12-6-10(11(15)7-14)13(16)9-5-3-2-4-8(9)12/h6,16H,2-5,7,14H2,1H3. The van der Waals surface area contributed by atoms with Crippen LogP contribution in [0.5, 0.6) is 11.5 Å². The maximum Gasteiger partial charge on any atom is 0.180 e. The maximum absolute atomic E-state index is 11.6. The molecular formula is C13H17NO3. The van der Waals surface area contributed by atoms with Crippen molar-refractivity contribution in [1.82, 2.24) is 0 Å². The van der Waals surface area contributed by atoms with Gasteiger partial charge in [0.2, 0.25) is 0 Å². The monoisotopic (exact) mass is 235 g/mol. The fourth-order valence-electron chi connectivity index (χ4n) is 2.39. The van der Waals surface area contributed by atoms with E-state index in [-0.39, 0.29) is 23.6 Å². The Hall–Kier alpha value is -1.55. The lowest BCUT2D eigenvalue weighted by Gasteiger charge is -2.21. The number of rotatable bonds is 3. The number of ketones is 1. The molecule has 1 aliphatic rings. The summed E-state index contributed by atoms with van der Waals surface area (Å²) in [7, 11) is 1.58. The average Bonchev–Trinajstić information content (AvgIpc) is 2.39. The summed E-state index contributed by atoms with van der Waals surface area (Å²) in [5, 5.41) is 10.1. The first kappa shape index (κ1) is 11.9. The first-order chi connectivity index (χ1) is 8.19. The predicted octanol–water partition coefficient (Wildman–Crippen LogP) is 1.42. The summed E-state index contributed by atoms with van der Waals surface area (Å²) in [6.07, 6.45) is 3.81. The zero-order valence-corrected chi connectivity index (χ0v) is 9.95. The lowest BCUT2D eigenvalue weighted by atomic mass is 9.87. The van der Waals surface area contributed by atoms with Crippen LogP contribution >= 0.6 is 0 Å². The van der Waals surface area contributed by atoms with Crippen LogP contribution < -0.4 is 10.5 Å². The molecule has 92 valence electrons. The van der Waals surface area contributed by atoms with E-state index in [1.54, 1.807) is 13.2 Å². The number of hydrogen-bond acceptors (Lipinski definition) is 4. The summed E-state index contributed by atoms with van der Waals surface area (Å²) in [6, 6.07) is 1.61. The number of ether oxygens (including phenoxy) is 1. The van der Waals surface area contributed by atoms with Gasteiger partial charge in [0.05, 0.1) is 19.2 Å². The minimum absolute atomic E-state index is 0.0935. The van der Waals surface area contributed by atoms with Crippen molar-refractivity contribution < 1.29 is 14.6 Å². The molecule has 1 aromatic rings. The smallest absolute Gasteiger partial charge is 0.180 e. The van der Waals surface area contributed by atoms with Crippen molar-refractivity contribution in [2.75, 3.05) is 13.7 Å². The van der Waals surface area contributed by atoms with Crippen LogP contribution in [0.15, 0.2) is 6.07 Å². The van der Waals surface area contributed by atoms with Crippen molar-refractivity contribution >= 4 is 5.78 Å². The molecule has 0 atom stereocenters. The number of carbonyl (C=O) groups excluding carboxylic acids is 1. The van der Waals surface area contributed by atoms with Crippen molar-refractivity contribution in [2.24, 2.45) is 5.73 Å². The average molecular weight is 235 g/mol. The summed E-state index contributed by atoms with van der Waals surface area (Å²) in [4.78, 5) is 11.6. The van der Waals surface area contributed by atoms with Crippen molar-refractivity contribution in [1.29, 1.82) is 0 Å². The molecule has 1 aliphatic carbocycles. The molecule has 0 aromatic heterocycles. The molecule has 4 heteroatoms. The summed E-state index contributed by atoms with van der Waals surface area (Å²) in [5.74, 6) is 0.527. The van der Waals surface area contributed by atoms with E-state index < -0.39 is 0 Å². The topological polar surface area (TPSA) is 72.5 Å². The lowest BCUT2D eigenvalue weighted by molar-refractivity contribution is 0.0998. The molecule has 4 nitrogen and oxygen atoms in total. The first-order valence-corrected chi connectivity index (χ1v) is 5.84. The van der Waals surface area contributed by atoms with Gasteiger partial charge >= 0.3 is 0 Å². The fourth-order valence-corrected chi connectivity index (χ4v) is 2.39. The van der Waals surface area contributed by atoms with Crippen LogP contribution in [0, 0.1) is 0 Å². The molecule has 0 fully saturated rings. The van der Waals surface area contributed by atoms with Crippen LogP contribution in [0.2, 0.25) is 0 Å². The minimum Gasteiger partial charge on any atom is -0.507 e. The van der Waals surface area contributed by atoms with Crippen molar-refractivity contribution in [3.63, 3.8) is 0 Å². The second-order valence-corrected chi connectivity index (χ2v) is 4.27. The van der Waals surface area contributed by atoms with Gasteiger partial charge in [-0.1, -0.05) is 0 Å². The zero-order valence-electron chi connectivity index (χ0n) is 9.95. The zero-order chi connectivity index (χ0) is 12.4. The molecular weight excluding hydrogens is 218 g/mol. The van der Waals surface area contributed by atoms with Crippen molar-refractivity contribution in [2.45, 2.75) is 25.7 Å². The Labute approximate surface area is 100 Å². The van der Waals surface area contributed by atoms with Crippen LogP contribution in [0.3, 0.4) is 0 Å². The van der Waals surface area contributed by atoms with E-state index in [1.807, 2.05) is 0 Å². The molecule has 0 unspecified atom stereocenters. The minimum atomic E-state index is -0.255. The van der Waals surface area contributed by atoms with E-state index >= 15 is 0 Å². The highest BCUT2D eigenvalue weighted by atomic mass is 16.5. The number of methoxy groups -OCH3 is 1. The van der Waals surface area contributed by atoms with E-state index in [2.05, 4.69) is 0 Å². The number of fused-ring (bicyclic) bond motifs is 1. The van der Waals surface area contributed by atoms with Gasteiger partial charge in [-0.3, -0.25) is 4.79 Å². The number of hydrogen-bond donors (Lipinski definition) is 2. The quantitative estimate of drug-likeness (QED) is 0.777. The third-order valence-electron chi connectivity index (χ3n) is 3.29. The molecule has 17 heavy (non-hydrogen) atoms. The molecule has 0 radical (unpaired) electrons. The van der Waals surface area contributed by atoms with Crippen LogP contribution in [0.1, 0.15) is 34.3 Å². The molecule has 0 saturated carbocycles. The highest BCUT2D eigenvalue weighted by Crippen LogP contribution is 2.38.